The molecule has 1 atom stereocenters. The summed E-state index contributed by atoms with van der Waals surface area (Å²) in [5.74, 6) is 0.147. The fourth-order valence-corrected chi connectivity index (χ4v) is 1.18. The molecule has 7 nitrogen and oxygen atoms in total. The standard InChI is InChI=1S/C9H17N5O2/c1-4-6(10)5-11-7-8(15)13(2)9(16)14(3)12-7/h6H,4-5,10H2,1-3H3,(H,11,12). The van der Waals surface area contributed by atoms with Crippen molar-refractivity contribution in [3.05, 3.63) is 20.8 Å². The number of nitrogens with zero attached hydrogens (tertiary/aromatic N) is 3. The van der Waals surface area contributed by atoms with Gasteiger partial charge in [-0.15, -0.1) is 5.10 Å². The van der Waals surface area contributed by atoms with Gasteiger partial charge in [-0.1, -0.05) is 6.92 Å². The topological polar surface area (TPSA) is 94.9 Å². The molecule has 0 aliphatic rings. The predicted octanol–water partition coefficient (Wildman–Crippen LogP) is -1.37. The first-order valence-electron chi connectivity index (χ1n) is 5.11. The van der Waals surface area contributed by atoms with Crippen LogP contribution in [0.3, 0.4) is 0 Å². The van der Waals surface area contributed by atoms with Crippen LogP contribution in [0.25, 0.3) is 0 Å². The minimum atomic E-state index is -0.449. The zero-order chi connectivity index (χ0) is 12.3. The van der Waals surface area contributed by atoms with E-state index >= 15 is 0 Å². The first-order valence-corrected chi connectivity index (χ1v) is 5.11. The Morgan fingerprint density at radius 3 is 2.62 bits per heavy atom. The number of hydrogen-bond acceptors (Lipinski definition) is 5. The lowest BCUT2D eigenvalue weighted by atomic mass is 10.2. The van der Waals surface area contributed by atoms with Crippen molar-refractivity contribution >= 4 is 5.82 Å². The van der Waals surface area contributed by atoms with E-state index in [2.05, 4.69) is 10.4 Å². The molecule has 1 aromatic rings. The highest BCUT2D eigenvalue weighted by atomic mass is 16.2. The summed E-state index contributed by atoms with van der Waals surface area (Å²) in [5, 5.41) is 6.69. The Kier molecular flexibility index (Phi) is 3.83. The van der Waals surface area contributed by atoms with Crippen molar-refractivity contribution in [1.29, 1.82) is 0 Å². The minimum absolute atomic E-state index is 0.0382. The molecule has 7 heteroatoms. The number of nitrogens with one attached hydrogen (secondary N) is 1. The summed E-state index contributed by atoms with van der Waals surface area (Å²) in [5.41, 5.74) is 4.82. The molecule has 0 aliphatic heterocycles. The van der Waals surface area contributed by atoms with Crippen LogP contribution in [0.2, 0.25) is 0 Å². The van der Waals surface area contributed by atoms with Gasteiger partial charge in [0.25, 0.3) is 5.56 Å². The van der Waals surface area contributed by atoms with Crippen molar-refractivity contribution < 1.29 is 0 Å². The van der Waals surface area contributed by atoms with Gasteiger partial charge in [0.15, 0.2) is 0 Å². The Balaban J connectivity index is 2.98. The third kappa shape index (κ3) is 2.48. The van der Waals surface area contributed by atoms with Gasteiger partial charge < -0.3 is 11.1 Å². The van der Waals surface area contributed by atoms with E-state index in [1.165, 1.54) is 14.1 Å². The zero-order valence-corrected chi connectivity index (χ0v) is 9.73. The Hall–Kier alpha value is -1.63. The van der Waals surface area contributed by atoms with Crippen LogP contribution in [0, 0.1) is 0 Å². The average Bonchev–Trinajstić information content (AvgIpc) is 2.28. The number of rotatable bonds is 4. The summed E-state index contributed by atoms with van der Waals surface area (Å²) in [4.78, 5) is 23.0. The summed E-state index contributed by atoms with van der Waals surface area (Å²) in [6.07, 6.45) is 0.805. The molecule has 0 spiro atoms. The Morgan fingerprint density at radius 1 is 1.44 bits per heavy atom. The van der Waals surface area contributed by atoms with E-state index in [4.69, 9.17) is 5.73 Å². The number of aromatic nitrogens is 3. The van der Waals surface area contributed by atoms with Gasteiger partial charge in [-0.05, 0) is 6.42 Å². The molecule has 0 saturated heterocycles. The van der Waals surface area contributed by atoms with E-state index in [0.29, 0.717) is 6.54 Å². The van der Waals surface area contributed by atoms with Crippen molar-refractivity contribution in [2.24, 2.45) is 19.8 Å². The molecule has 0 saturated carbocycles. The van der Waals surface area contributed by atoms with Crippen molar-refractivity contribution in [1.82, 2.24) is 14.3 Å². The Morgan fingerprint density at radius 2 is 2.06 bits per heavy atom. The number of hydrogen-bond donors (Lipinski definition) is 2. The van der Waals surface area contributed by atoms with E-state index < -0.39 is 11.2 Å². The predicted molar refractivity (Wildman–Crippen MR) is 61.5 cm³/mol. The molecule has 0 bridgehead atoms. The highest BCUT2D eigenvalue weighted by Gasteiger charge is 2.08. The van der Waals surface area contributed by atoms with Gasteiger partial charge in [0.1, 0.15) is 0 Å². The molecule has 0 radical (unpaired) electrons. The van der Waals surface area contributed by atoms with E-state index in [1.807, 2.05) is 6.92 Å². The fourth-order valence-electron chi connectivity index (χ4n) is 1.18. The number of nitrogens with two attached hydrogens (primary N) is 1. The minimum Gasteiger partial charge on any atom is -0.362 e. The number of anilines is 1. The van der Waals surface area contributed by atoms with Crippen LogP contribution in [0.15, 0.2) is 9.59 Å². The highest BCUT2D eigenvalue weighted by molar-refractivity contribution is 5.29. The zero-order valence-electron chi connectivity index (χ0n) is 9.73. The molecule has 1 unspecified atom stereocenters. The Bertz CT molecular complexity index is 476. The van der Waals surface area contributed by atoms with E-state index in [1.54, 1.807) is 0 Å². The van der Waals surface area contributed by atoms with E-state index in [0.717, 1.165) is 15.7 Å². The molecule has 0 aliphatic carbocycles. The van der Waals surface area contributed by atoms with Gasteiger partial charge >= 0.3 is 5.69 Å². The lowest BCUT2D eigenvalue weighted by molar-refractivity contribution is 0.599. The lowest BCUT2D eigenvalue weighted by Crippen LogP contribution is -2.41. The smallest absolute Gasteiger partial charge is 0.346 e. The van der Waals surface area contributed by atoms with E-state index in [9.17, 15) is 9.59 Å². The summed E-state index contributed by atoms with van der Waals surface area (Å²) in [6, 6.07) is -0.0382. The molecule has 0 amide bonds. The molecule has 3 N–H and O–H groups in total. The molecule has 1 aromatic heterocycles. The van der Waals surface area contributed by atoms with Gasteiger partial charge in [0.05, 0.1) is 0 Å². The molecule has 1 rings (SSSR count). The molecular weight excluding hydrogens is 210 g/mol. The summed E-state index contributed by atoms with van der Waals surface area (Å²) in [7, 11) is 2.91. The molecule has 16 heavy (non-hydrogen) atoms. The first kappa shape index (κ1) is 12.4. The maximum atomic E-state index is 11.6. The fraction of sp³-hybridized carbons (Fsp3) is 0.667. The third-order valence-electron chi connectivity index (χ3n) is 2.38. The van der Waals surface area contributed by atoms with Gasteiger partial charge in [-0.25, -0.2) is 9.48 Å². The van der Waals surface area contributed by atoms with Gasteiger partial charge in [-0.2, -0.15) is 0 Å². The average molecular weight is 227 g/mol. The second kappa shape index (κ2) is 4.93. The highest BCUT2D eigenvalue weighted by Crippen LogP contribution is 1.91. The van der Waals surface area contributed by atoms with Crippen molar-refractivity contribution in [2.45, 2.75) is 19.4 Å². The van der Waals surface area contributed by atoms with Crippen LogP contribution in [0.4, 0.5) is 5.82 Å². The van der Waals surface area contributed by atoms with Crippen LogP contribution in [-0.2, 0) is 14.1 Å². The molecular formula is C9H17N5O2. The van der Waals surface area contributed by atoms with Crippen LogP contribution in [-0.4, -0.2) is 26.9 Å². The van der Waals surface area contributed by atoms with Gasteiger partial charge in [-0.3, -0.25) is 9.36 Å². The second-order valence-corrected chi connectivity index (χ2v) is 3.67. The van der Waals surface area contributed by atoms with Crippen molar-refractivity contribution in [2.75, 3.05) is 11.9 Å². The molecule has 0 fully saturated rings. The van der Waals surface area contributed by atoms with Gasteiger partial charge in [0.2, 0.25) is 5.82 Å². The van der Waals surface area contributed by atoms with Crippen LogP contribution in [0.1, 0.15) is 13.3 Å². The normalized spacial score (nSPS) is 12.5. The van der Waals surface area contributed by atoms with Crippen molar-refractivity contribution in [3.8, 4) is 0 Å². The summed E-state index contributed by atoms with van der Waals surface area (Å²) in [6.45, 7) is 2.41. The SMILES string of the molecule is CCC(N)CNc1nn(C)c(=O)n(C)c1=O. The Labute approximate surface area is 92.9 Å². The van der Waals surface area contributed by atoms with Crippen molar-refractivity contribution in [3.63, 3.8) is 0 Å². The third-order valence-corrected chi connectivity index (χ3v) is 2.38. The quantitative estimate of drug-likeness (QED) is 0.661. The summed E-state index contributed by atoms with van der Waals surface area (Å²) < 4.78 is 2.12. The molecule has 90 valence electrons. The first-order chi connectivity index (χ1) is 7.47. The van der Waals surface area contributed by atoms with Crippen LogP contribution in [0.5, 0.6) is 0 Å². The summed E-state index contributed by atoms with van der Waals surface area (Å²) >= 11 is 0. The van der Waals surface area contributed by atoms with Crippen LogP contribution < -0.4 is 22.3 Å². The van der Waals surface area contributed by atoms with E-state index in [-0.39, 0.29) is 11.9 Å². The maximum absolute atomic E-state index is 11.6. The van der Waals surface area contributed by atoms with Gasteiger partial charge in [0, 0.05) is 26.7 Å². The number of aryl methyl sites for hydroxylation is 1. The second-order valence-electron chi connectivity index (χ2n) is 3.67. The molecule has 1 heterocycles. The monoisotopic (exact) mass is 227 g/mol. The molecule has 0 aromatic carbocycles. The lowest BCUT2D eigenvalue weighted by Gasteiger charge is -2.11. The largest absolute Gasteiger partial charge is 0.362 e. The maximum Gasteiger partial charge on any atom is 0.346 e. The van der Waals surface area contributed by atoms with Crippen LogP contribution >= 0.6 is 0 Å².